The highest BCUT2D eigenvalue weighted by atomic mass is 35.5. The first-order valence-corrected chi connectivity index (χ1v) is 9.10. The van der Waals surface area contributed by atoms with Crippen molar-refractivity contribution in [2.24, 2.45) is 0 Å². The van der Waals surface area contributed by atoms with E-state index >= 15 is 0 Å². The molecule has 0 saturated carbocycles. The minimum Gasteiger partial charge on any atom is -0.497 e. The molecule has 2 aromatic carbocycles. The zero-order valence-electron chi connectivity index (χ0n) is 16.2. The van der Waals surface area contributed by atoms with E-state index in [1.54, 1.807) is 37.4 Å². The van der Waals surface area contributed by atoms with Gasteiger partial charge in [-0.25, -0.2) is 4.79 Å². The van der Waals surface area contributed by atoms with Crippen molar-refractivity contribution in [3.8, 4) is 17.4 Å². The number of methoxy groups -OCH3 is 2. The highest BCUT2D eigenvalue weighted by Gasteiger charge is 2.10. The fraction of sp³-hybridized carbons (Fsp3) is 0.150. The molecular weight excluding hydrogens is 412 g/mol. The maximum atomic E-state index is 10.8. The van der Waals surface area contributed by atoms with Gasteiger partial charge in [-0.2, -0.15) is 9.97 Å². The van der Waals surface area contributed by atoms with Crippen molar-refractivity contribution < 1.29 is 24.1 Å². The van der Waals surface area contributed by atoms with E-state index in [0.717, 1.165) is 5.69 Å². The molecule has 0 aliphatic rings. The molecule has 3 aromatic rings. The van der Waals surface area contributed by atoms with Crippen LogP contribution in [0.3, 0.4) is 0 Å². The number of nitrogens with zero attached hydrogens (tertiary/aromatic N) is 2. The van der Waals surface area contributed by atoms with Gasteiger partial charge in [-0.05, 0) is 42.5 Å². The van der Waals surface area contributed by atoms with Gasteiger partial charge >= 0.3 is 5.97 Å². The Bertz CT molecular complexity index is 1030. The van der Waals surface area contributed by atoms with Crippen LogP contribution >= 0.6 is 11.6 Å². The van der Waals surface area contributed by atoms with Crippen LogP contribution in [0.4, 0.5) is 23.1 Å². The molecule has 0 spiro atoms. The Kier molecular flexibility index (Phi) is 6.76. The number of aliphatic carboxylic acids is 1. The van der Waals surface area contributed by atoms with Gasteiger partial charge in [0.05, 0.1) is 19.2 Å². The lowest BCUT2D eigenvalue weighted by Crippen LogP contribution is -2.11. The van der Waals surface area contributed by atoms with Crippen LogP contribution in [0.2, 0.25) is 5.02 Å². The molecule has 0 saturated heterocycles. The number of rotatable bonds is 9. The third-order valence-electron chi connectivity index (χ3n) is 3.82. The minimum atomic E-state index is -1.12. The number of carboxylic acid groups (broad SMARTS) is 1. The van der Waals surface area contributed by atoms with Crippen LogP contribution in [-0.4, -0.2) is 41.9 Å². The van der Waals surface area contributed by atoms with Gasteiger partial charge in [0.25, 0.3) is 0 Å². The first-order chi connectivity index (χ1) is 14.5. The summed E-state index contributed by atoms with van der Waals surface area (Å²) in [5, 5.41) is 15.4. The Morgan fingerprint density at radius 3 is 2.37 bits per heavy atom. The van der Waals surface area contributed by atoms with E-state index in [1.807, 2.05) is 12.1 Å². The van der Waals surface area contributed by atoms with Crippen molar-refractivity contribution in [1.82, 2.24) is 9.97 Å². The van der Waals surface area contributed by atoms with E-state index < -0.39 is 12.6 Å². The second-order valence-corrected chi connectivity index (χ2v) is 6.33. The Balaban J connectivity index is 1.86. The number of aromatic nitrogens is 2. The molecule has 0 atom stereocenters. The molecule has 30 heavy (non-hydrogen) atoms. The van der Waals surface area contributed by atoms with Gasteiger partial charge in [-0.1, -0.05) is 11.6 Å². The van der Waals surface area contributed by atoms with Crippen molar-refractivity contribution in [3.05, 3.63) is 53.6 Å². The largest absolute Gasteiger partial charge is 0.497 e. The summed E-state index contributed by atoms with van der Waals surface area (Å²) >= 11 is 6.16. The minimum absolute atomic E-state index is 0.0884. The lowest BCUT2D eigenvalue weighted by Gasteiger charge is -2.12. The molecule has 0 unspecified atom stereocenters. The molecular formula is C20H19ClN4O5. The monoisotopic (exact) mass is 430 g/mol. The zero-order valence-corrected chi connectivity index (χ0v) is 16.9. The Hall–Kier alpha value is -3.72. The van der Waals surface area contributed by atoms with Gasteiger partial charge in [0.2, 0.25) is 11.8 Å². The van der Waals surface area contributed by atoms with Crippen molar-refractivity contribution in [1.29, 1.82) is 0 Å². The number of hydrogen-bond donors (Lipinski definition) is 3. The molecule has 0 fully saturated rings. The lowest BCUT2D eigenvalue weighted by atomic mass is 10.3. The fourth-order valence-corrected chi connectivity index (χ4v) is 2.71. The van der Waals surface area contributed by atoms with Crippen LogP contribution in [0.25, 0.3) is 0 Å². The average molecular weight is 431 g/mol. The van der Waals surface area contributed by atoms with Crippen molar-refractivity contribution in [2.75, 3.05) is 31.5 Å². The summed E-state index contributed by atoms with van der Waals surface area (Å²) in [6, 6.07) is 13.8. The summed E-state index contributed by atoms with van der Waals surface area (Å²) in [4.78, 5) is 19.4. The van der Waals surface area contributed by atoms with E-state index in [0.29, 0.717) is 28.0 Å². The topological polar surface area (TPSA) is 115 Å². The normalized spacial score (nSPS) is 10.2. The molecule has 0 bridgehead atoms. The standard InChI is InChI=1S/C20H19ClN4O5/c1-28-14-6-3-12(4-7-14)22-17-10-18(30-11-19(26)27)25-20(24-17)23-13-5-8-16(29-2)15(21)9-13/h3-10H,11H2,1-2H3,(H,26,27)(H2,22,23,24,25). The molecule has 0 aliphatic heterocycles. The van der Waals surface area contributed by atoms with Gasteiger partial charge in [0.1, 0.15) is 17.3 Å². The van der Waals surface area contributed by atoms with Crippen LogP contribution in [0, 0.1) is 0 Å². The molecule has 0 aliphatic carbocycles. The second-order valence-electron chi connectivity index (χ2n) is 5.93. The van der Waals surface area contributed by atoms with E-state index in [-0.39, 0.29) is 11.8 Å². The molecule has 0 amide bonds. The average Bonchev–Trinajstić information content (AvgIpc) is 2.73. The highest BCUT2D eigenvalue weighted by molar-refractivity contribution is 6.32. The summed E-state index contributed by atoms with van der Waals surface area (Å²) in [7, 11) is 3.11. The van der Waals surface area contributed by atoms with Crippen LogP contribution in [0.5, 0.6) is 17.4 Å². The van der Waals surface area contributed by atoms with Crippen LogP contribution < -0.4 is 24.8 Å². The lowest BCUT2D eigenvalue weighted by molar-refractivity contribution is -0.139. The van der Waals surface area contributed by atoms with Crippen molar-refractivity contribution in [3.63, 3.8) is 0 Å². The SMILES string of the molecule is COc1ccc(Nc2cc(OCC(=O)O)nc(Nc3ccc(OC)c(Cl)c3)n2)cc1. The number of halogens is 1. The van der Waals surface area contributed by atoms with Gasteiger partial charge in [0, 0.05) is 17.4 Å². The van der Waals surface area contributed by atoms with Gasteiger partial charge in [-0.3, -0.25) is 0 Å². The van der Waals surface area contributed by atoms with Gasteiger partial charge < -0.3 is 30.0 Å². The van der Waals surface area contributed by atoms with Crippen molar-refractivity contribution in [2.45, 2.75) is 0 Å². The van der Waals surface area contributed by atoms with E-state index in [2.05, 4.69) is 20.6 Å². The molecule has 3 N–H and O–H groups in total. The maximum absolute atomic E-state index is 10.8. The van der Waals surface area contributed by atoms with E-state index in [9.17, 15) is 4.79 Å². The third kappa shape index (κ3) is 5.65. The summed E-state index contributed by atoms with van der Waals surface area (Å²) in [5.74, 6) is 0.809. The summed E-state index contributed by atoms with van der Waals surface area (Å²) < 4.78 is 15.5. The number of anilines is 4. The molecule has 3 rings (SSSR count). The summed E-state index contributed by atoms with van der Waals surface area (Å²) in [6.07, 6.45) is 0. The number of carbonyl (C=O) groups is 1. The second kappa shape index (κ2) is 9.66. The summed E-state index contributed by atoms with van der Waals surface area (Å²) in [5.41, 5.74) is 1.36. The molecule has 9 nitrogen and oxygen atoms in total. The first-order valence-electron chi connectivity index (χ1n) is 8.72. The van der Waals surface area contributed by atoms with Crippen LogP contribution in [0.15, 0.2) is 48.5 Å². The first kappa shape index (κ1) is 21.0. The number of ether oxygens (including phenoxy) is 3. The third-order valence-corrected chi connectivity index (χ3v) is 4.11. The predicted molar refractivity (Wildman–Crippen MR) is 113 cm³/mol. The quantitative estimate of drug-likeness (QED) is 0.461. The predicted octanol–water partition coefficient (Wildman–Crippen LogP) is 4.10. The Labute approximate surface area is 177 Å². The molecule has 1 aromatic heterocycles. The molecule has 1 heterocycles. The Morgan fingerprint density at radius 1 is 1.00 bits per heavy atom. The Morgan fingerprint density at radius 2 is 1.73 bits per heavy atom. The van der Waals surface area contributed by atoms with E-state index in [4.69, 9.17) is 30.9 Å². The fourth-order valence-electron chi connectivity index (χ4n) is 2.45. The number of benzene rings is 2. The smallest absolute Gasteiger partial charge is 0.341 e. The van der Waals surface area contributed by atoms with Gasteiger partial charge in [0.15, 0.2) is 6.61 Å². The number of hydrogen-bond acceptors (Lipinski definition) is 8. The number of nitrogens with one attached hydrogen (secondary N) is 2. The van der Waals surface area contributed by atoms with Gasteiger partial charge in [-0.15, -0.1) is 0 Å². The maximum Gasteiger partial charge on any atom is 0.341 e. The van der Waals surface area contributed by atoms with Crippen LogP contribution in [0.1, 0.15) is 0 Å². The highest BCUT2D eigenvalue weighted by Crippen LogP contribution is 2.29. The van der Waals surface area contributed by atoms with Crippen molar-refractivity contribution >= 4 is 40.7 Å². The molecule has 10 heteroatoms. The van der Waals surface area contributed by atoms with E-state index in [1.165, 1.54) is 13.2 Å². The number of carboxylic acids is 1. The molecule has 0 radical (unpaired) electrons. The molecule has 156 valence electrons. The summed E-state index contributed by atoms with van der Waals surface area (Å²) in [6.45, 7) is -0.535. The zero-order chi connectivity index (χ0) is 21.5. The van der Waals surface area contributed by atoms with Crippen LogP contribution in [-0.2, 0) is 4.79 Å².